The molecule has 1 aliphatic rings. The van der Waals surface area contributed by atoms with Gasteiger partial charge in [-0.15, -0.1) is 11.8 Å². The van der Waals surface area contributed by atoms with E-state index in [-0.39, 0.29) is 31.6 Å². The molecule has 2 heterocycles. The average molecular weight is 460 g/mol. The Morgan fingerprint density at radius 3 is 2.59 bits per heavy atom. The van der Waals surface area contributed by atoms with E-state index in [2.05, 4.69) is 5.32 Å². The van der Waals surface area contributed by atoms with Gasteiger partial charge < -0.3 is 9.47 Å². The van der Waals surface area contributed by atoms with Gasteiger partial charge in [0.25, 0.3) is 5.91 Å². The lowest BCUT2D eigenvalue weighted by Gasteiger charge is -2.27. The predicted octanol–water partition coefficient (Wildman–Crippen LogP) is 2.14. The van der Waals surface area contributed by atoms with Crippen LogP contribution in [0.5, 0.6) is 0 Å². The number of amides is 1. The van der Waals surface area contributed by atoms with E-state index in [0.29, 0.717) is 18.6 Å². The number of nitrogens with one attached hydrogen (secondary N) is 1. The number of esters is 2. The lowest BCUT2D eigenvalue weighted by Crippen LogP contribution is -2.56. The van der Waals surface area contributed by atoms with Gasteiger partial charge in [0.15, 0.2) is 0 Å². The topological polar surface area (TPSA) is 89.9 Å². The summed E-state index contributed by atoms with van der Waals surface area (Å²) in [5, 5.41) is 5.41. The largest absolute Gasteiger partial charge is 0.465 e. The molecule has 32 heavy (non-hydrogen) atoms. The molecule has 1 aromatic heterocycles. The number of hydrogen-bond donors (Lipinski definition) is 1. The Morgan fingerprint density at radius 2 is 1.88 bits per heavy atom. The third kappa shape index (κ3) is 6.14. The molecule has 0 fully saturated rings. The number of benzene rings is 1. The predicted molar refractivity (Wildman–Crippen MR) is 122 cm³/mol. The molecule has 0 aliphatic carbocycles. The van der Waals surface area contributed by atoms with Crippen LogP contribution >= 0.6 is 11.8 Å². The van der Waals surface area contributed by atoms with Crippen molar-refractivity contribution in [1.82, 2.24) is 9.99 Å². The Morgan fingerprint density at radius 1 is 1.12 bits per heavy atom. The van der Waals surface area contributed by atoms with Gasteiger partial charge in [-0.05, 0) is 44.4 Å². The zero-order valence-electron chi connectivity index (χ0n) is 18.4. The van der Waals surface area contributed by atoms with Crippen molar-refractivity contribution in [2.75, 3.05) is 30.5 Å². The quantitative estimate of drug-likeness (QED) is 0.545. The number of rotatable bonds is 10. The summed E-state index contributed by atoms with van der Waals surface area (Å²) in [6.45, 7) is 3.77. The first-order valence-electron chi connectivity index (χ1n) is 10.8. The summed E-state index contributed by atoms with van der Waals surface area (Å²) in [6, 6.07) is 12.3. The van der Waals surface area contributed by atoms with Gasteiger partial charge in [0, 0.05) is 11.9 Å². The number of carbonyl (C=O) groups excluding carboxylic acids is 3. The standard InChI is InChI=1S/C23H29N3O5S/c1-3-30-21(27)15-26-22(28)19(16-32-20-11-8-14-25(20)26)24-18(23(29)31-4-2)13-12-17-9-6-5-7-10-17/h5-11,14,18-19,24H,3-4,12-13,15-16H2,1-2H3/t18-,19+/m1/s1. The molecule has 0 bridgehead atoms. The van der Waals surface area contributed by atoms with E-state index in [1.54, 1.807) is 24.7 Å². The molecule has 172 valence electrons. The Balaban J connectivity index is 1.76. The van der Waals surface area contributed by atoms with Crippen molar-refractivity contribution in [3.8, 4) is 0 Å². The van der Waals surface area contributed by atoms with Crippen LogP contribution in [0.4, 0.5) is 0 Å². The van der Waals surface area contributed by atoms with Crippen molar-refractivity contribution in [2.45, 2.75) is 43.8 Å². The van der Waals surface area contributed by atoms with E-state index in [4.69, 9.17) is 9.47 Å². The van der Waals surface area contributed by atoms with Crippen molar-refractivity contribution in [1.29, 1.82) is 0 Å². The molecule has 1 N–H and O–H groups in total. The van der Waals surface area contributed by atoms with Crippen LogP contribution in [0.3, 0.4) is 0 Å². The normalized spacial score (nSPS) is 16.8. The fourth-order valence-corrected chi connectivity index (χ4v) is 4.55. The SMILES string of the molecule is CCOC(=O)CN1C(=O)[C@@H](N[C@H](CCc2ccccc2)C(=O)OCC)CSc2cccn21. The van der Waals surface area contributed by atoms with Gasteiger partial charge in [-0.2, -0.15) is 0 Å². The minimum atomic E-state index is -0.667. The zero-order valence-corrected chi connectivity index (χ0v) is 19.2. The molecule has 0 unspecified atom stereocenters. The third-order valence-corrected chi connectivity index (χ3v) is 6.14. The summed E-state index contributed by atoms with van der Waals surface area (Å²) in [6.07, 6.45) is 2.89. The Kier molecular flexibility index (Phi) is 8.75. The number of ether oxygens (including phenoxy) is 2. The fraction of sp³-hybridized carbons (Fsp3) is 0.435. The van der Waals surface area contributed by atoms with Crippen molar-refractivity contribution in [3.63, 3.8) is 0 Å². The molecular weight excluding hydrogens is 430 g/mol. The highest BCUT2D eigenvalue weighted by Gasteiger charge is 2.35. The van der Waals surface area contributed by atoms with Crippen LogP contribution in [0.25, 0.3) is 0 Å². The summed E-state index contributed by atoms with van der Waals surface area (Å²) in [4.78, 5) is 38.2. The second-order valence-electron chi connectivity index (χ2n) is 7.25. The summed E-state index contributed by atoms with van der Waals surface area (Å²) in [7, 11) is 0. The fourth-order valence-electron chi connectivity index (χ4n) is 3.51. The Bertz CT molecular complexity index is 917. The van der Waals surface area contributed by atoms with E-state index in [9.17, 15) is 14.4 Å². The molecule has 2 atom stereocenters. The van der Waals surface area contributed by atoms with Crippen molar-refractivity contribution >= 4 is 29.6 Å². The van der Waals surface area contributed by atoms with Gasteiger partial charge in [-0.3, -0.25) is 24.4 Å². The van der Waals surface area contributed by atoms with E-state index < -0.39 is 18.1 Å². The minimum absolute atomic E-state index is 0.207. The number of thioether (sulfide) groups is 1. The second kappa shape index (κ2) is 11.7. The van der Waals surface area contributed by atoms with Gasteiger partial charge in [0.2, 0.25) is 0 Å². The van der Waals surface area contributed by atoms with Crippen LogP contribution in [-0.4, -0.2) is 60.1 Å². The van der Waals surface area contributed by atoms with Crippen LogP contribution < -0.4 is 10.3 Å². The molecule has 9 heteroatoms. The lowest BCUT2D eigenvalue weighted by molar-refractivity contribution is -0.146. The molecular formula is C23H29N3O5S. The molecule has 0 saturated carbocycles. The summed E-state index contributed by atoms with van der Waals surface area (Å²) in [5.41, 5.74) is 1.10. The Labute approximate surface area is 192 Å². The molecule has 1 aromatic carbocycles. The number of nitrogens with zero attached hydrogens (tertiary/aromatic N) is 2. The van der Waals surface area contributed by atoms with Gasteiger partial charge in [0.1, 0.15) is 12.6 Å². The van der Waals surface area contributed by atoms with Gasteiger partial charge >= 0.3 is 11.9 Å². The van der Waals surface area contributed by atoms with E-state index in [1.165, 1.54) is 16.8 Å². The number of aromatic nitrogens is 1. The highest BCUT2D eigenvalue weighted by Crippen LogP contribution is 2.25. The first-order chi connectivity index (χ1) is 15.5. The van der Waals surface area contributed by atoms with Gasteiger partial charge in [0.05, 0.1) is 24.3 Å². The smallest absolute Gasteiger partial charge is 0.327 e. The molecule has 3 rings (SSSR count). The molecule has 8 nitrogen and oxygen atoms in total. The number of hydrogen-bond acceptors (Lipinski definition) is 7. The molecule has 0 spiro atoms. The summed E-state index contributed by atoms with van der Waals surface area (Å²) in [5.74, 6) is -0.752. The zero-order chi connectivity index (χ0) is 22.9. The van der Waals surface area contributed by atoms with Crippen LogP contribution in [0, 0.1) is 0 Å². The van der Waals surface area contributed by atoms with Gasteiger partial charge in [-0.1, -0.05) is 30.3 Å². The first kappa shape index (κ1) is 23.9. The summed E-state index contributed by atoms with van der Waals surface area (Å²) >= 11 is 1.49. The molecule has 1 aliphatic heterocycles. The molecule has 0 radical (unpaired) electrons. The van der Waals surface area contributed by atoms with Crippen LogP contribution in [0.15, 0.2) is 53.7 Å². The first-order valence-corrected chi connectivity index (χ1v) is 11.8. The Hall–Kier alpha value is -2.78. The molecule has 1 amide bonds. The van der Waals surface area contributed by atoms with E-state index >= 15 is 0 Å². The van der Waals surface area contributed by atoms with Crippen LogP contribution in [-0.2, 0) is 30.3 Å². The number of carbonyl (C=O) groups is 3. The van der Waals surface area contributed by atoms with Crippen molar-refractivity contribution in [2.24, 2.45) is 0 Å². The van der Waals surface area contributed by atoms with E-state index in [0.717, 1.165) is 10.6 Å². The summed E-state index contributed by atoms with van der Waals surface area (Å²) < 4.78 is 12.0. The second-order valence-corrected chi connectivity index (χ2v) is 8.29. The van der Waals surface area contributed by atoms with Crippen LogP contribution in [0.2, 0.25) is 0 Å². The van der Waals surface area contributed by atoms with Gasteiger partial charge in [-0.25, -0.2) is 5.01 Å². The number of aryl methyl sites for hydroxylation is 1. The highest BCUT2D eigenvalue weighted by molar-refractivity contribution is 7.99. The molecule has 0 saturated heterocycles. The minimum Gasteiger partial charge on any atom is -0.465 e. The average Bonchev–Trinajstić information content (AvgIpc) is 3.21. The maximum atomic E-state index is 13.4. The van der Waals surface area contributed by atoms with Crippen molar-refractivity contribution < 1.29 is 23.9 Å². The lowest BCUT2D eigenvalue weighted by atomic mass is 10.0. The molecule has 2 aromatic rings. The number of fused-ring (bicyclic) bond motifs is 1. The van der Waals surface area contributed by atoms with Crippen molar-refractivity contribution in [3.05, 3.63) is 54.2 Å². The van der Waals surface area contributed by atoms with Crippen LogP contribution in [0.1, 0.15) is 25.8 Å². The highest BCUT2D eigenvalue weighted by atomic mass is 32.2. The maximum absolute atomic E-state index is 13.4. The van der Waals surface area contributed by atoms with E-state index in [1.807, 2.05) is 42.5 Å². The third-order valence-electron chi connectivity index (χ3n) is 5.02. The monoisotopic (exact) mass is 459 g/mol. The maximum Gasteiger partial charge on any atom is 0.327 e.